The lowest BCUT2D eigenvalue weighted by Gasteiger charge is -2.31. The van der Waals surface area contributed by atoms with Crippen molar-refractivity contribution in [1.82, 2.24) is 20.0 Å². The lowest BCUT2D eigenvalue weighted by atomic mass is 10.0. The number of nitrogens with one attached hydrogen (secondary N) is 1. The normalized spacial score (nSPS) is 17.3. The summed E-state index contributed by atoms with van der Waals surface area (Å²) < 4.78 is 6.90. The van der Waals surface area contributed by atoms with Crippen LogP contribution in [-0.4, -0.2) is 60.0 Å². The van der Waals surface area contributed by atoms with Crippen LogP contribution in [0.1, 0.15) is 43.2 Å². The van der Waals surface area contributed by atoms with Crippen molar-refractivity contribution in [3.05, 3.63) is 18.0 Å². The van der Waals surface area contributed by atoms with E-state index in [4.69, 9.17) is 4.74 Å². The molecule has 1 fully saturated rings. The number of rotatable bonds is 6. The number of hydrogen-bond acceptors (Lipinski definition) is 4. The molecule has 1 amide bonds. The maximum absolute atomic E-state index is 12.2. The van der Waals surface area contributed by atoms with Crippen LogP contribution in [0, 0.1) is 0 Å². The molecular weight excluding hydrogens is 268 g/mol. The largest absolute Gasteiger partial charge is 0.383 e. The van der Waals surface area contributed by atoms with Crippen LogP contribution >= 0.6 is 0 Å². The van der Waals surface area contributed by atoms with Gasteiger partial charge in [0.1, 0.15) is 5.69 Å². The minimum Gasteiger partial charge on any atom is -0.383 e. The molecule has 0 spiro atoms. The summed E-state index contributed by atoms with van der Waals surface area (Å²) in [6.45, 7) is 7.85. The summed E-state index contributed by atoms with van der Waals surface area (Å²) in [5.41, 5.74) is 0.505. The molecule has 6 heteroatoms. The molecule has 0 radical (unpaired) electrons. The van der Waals surface area contributed by atoms with Crippen LogP contribution in [0.25, 0.3) is 0 Å². The Labute approximate surface area is 126 Å². The SMILES string of the molecule is COCCN1CCC(NC(=O)c2ccn(C(C)C)n2)CC1. The van der Waals surface area contributed by atoms with E-state index in [0.717, 1.165) is 39.1 Å². The Bertz CT molecular complexity index is 450. The van der Waals surface area contributed by atoms with Gasteiger partial charge in [0.25, 0.3) is 5.91 Å². The van der Waals surface area contributed by atoms with Gasteiger partial charge < -0.3 is 15.0 Å². The van der Waals surface area contributed by atoms with Gasteiger partial charge in [-0.2, -0.15) is 5.10 Å². The Morgan fingerprint density at radius 1 is 1.48 bits per heavy atom. The average Bonchev–Trinajstić information content (AvgIpc) is 2.97. The fourth-order valence-electron chi connectivity index (χ4n) is 2.53. The zero-order valence-electron chi connectivity index (χ0n) is 13.2. The quantitative estimate of drug-likeness (QED) is 0.859. The van der Waals surface area contributed by atoms with Crippen LogP contribution in [0.5, 0.6) is 0 Å². The molecular formula is C15H26N4O2. The van der Waals surface area contributed by atoms with E-state index >= 15 is 0 Å². The van der Waals surface area contributed by atoms with Crippen molar-refractivity contribution in [1.29, 1.82) is 0 Å². The molecule has 2 heterocycles. The summed E-state index contributed by atoms with van der Waals surface area (Å²) in [5, 5.41) is 7.40. The molecule has 0 aliphatic carbocycles. The van der Waals surface area contributed by atoms with Gasteiger partial charge in [0.2, 0.25) is 0 Å². The van der Waals surface area contributed by atoms with Gasteiger partial charge in [-0.3, -0.25) is 9.48 Å². The second-order valence-electron chi connectivity index (χ2n) is 5.86. The van der Waals surface area contributed by atoms with Gasteiger partial charge >= 0.3 is 0 Å². The minimum absolute atomic E-state index is 0.0651. The van der Waals surface area contributed by atoms with Gasteiger partial charge in [-0.25, -0.2) is 0 Å². The second kappa shape index (κ2) is 7.56. The van der Waals surface area contributed by atoms with Crippen LogP contribution in [0.15, 0.2) is 12.3 Å². The average molecular weight is 294 g/mol. The van der Waals surface area contributed by atoms with E-state index in [-0.39, 0.29) is 18.0 Å². The number of nitrogens with zero attached hydrogens (tertiary/aromatic N) is 3. The molecule has 1 aromatic rings. The lowest BCUT2D eigenvalue weighted by molar-refractivity contribution is 0.0887. The highest BCUT2D eigenvalue weighted by Gasteiger charge is 2.21. The van der Waals surface area contributed by atoms with Crippen LogP contribution in [0.3, 0.4) is 0 Å². The summed E-state index contributed by atoms with van der Waals surface area (Å²) in [4.78, 5) is 14.6. The Morgan fingerprint density at radius 3 is 2.76 bits per heavy atom. The molecule has 1 aliphatic rings. The first-order valence-electron chi connectivity index (χ1n) is 7.67. The highest BCUT2D eigenvalue weighted by atomic mass is 16.5. The molecule has 1 saturated heterocycles. The first-order valence-corrected chi connectivity index (χ1v) is 7.67. The van der Waals surface area contributed by atoms with Gasteiger partial charge in [-0.15, -0.1) is 0 Å². The number of methoxy groups -OCH3 is 1. The van der Waals surface area contributed by atoms with Crippen LogP contribution in [0.2, 0.25) is 0 Å². The number of ether oxygens (including phenoxy) is 1. The highest BCUT2D eigenvalue weighted by Crippen LogP contribution is 2.11. The molecule has 21 heavy (non-hydrogen) atoms. The molecule has 6 nitrogen and oxygen atoms in total. The number of hydrogen-bond donors (Lipinski definition) is 1. The molecule has 118 valence electrons. The first-order chi connectivity index (χ1) is 10.1. The molecule has 1 N–H and O–H groups in total. The second-order valence-corrected chi connectivity index (χ2v) is 5.86. The van der Waals surface area contributed by atoms with Crippen molar-refractivity contribution in [2.45, 2.75) is 38.8 Å². The highest BCUT2D eigenvalue weighted by molar-refractivity contribution is 5.92. The maximum Gasteiger partial charge on any atom is 0.271 e. The van der Waals surface area contributed by atoms with Gasteiger partial charge in [0, 0.05) is 45.0 Å². The molecule has 0 bridgehead atoms. The van der Waals surface area contributed by atoms with E-state index in [2.05, 4.69) is 15.3 Å². The number of carbonyl (C=O) groups is 1. The predicted octanol–water partition coefficient (Wildman–Crippen LogP) is 1.30. The molecule has 0 aromatic carbocycles. The van der Waals surface area contributed by atoms with Crippen molar-refractivity contribution in [2.24, 2.45) is 0 Å². The van der Waals surface area contributed by atoms with Gasteiger partial charge in [-0.1, -0.05) is 0 Å². The minimum atomic E-state index is -0.0651. The van der Waals surface area contributed by atoms with E-state index in [1.807, 2.05) is 24.7 Å². The topological polar surface area (TPSA) is 59.4 Å². The number of carbonyl (C=O) groups excluding carboxylic acids is 1. The van der Waals surface area contributed by atoms with Crippen LogP contribution in [0.4, 0.5) is 0 Å². The van der Waals surface area contributed by atoms with Gasteiger partial charge in [-0.05, 0) is 32.8 Å². The van der Waals surface area contributed by atoms with Crippen molar-refractivity contribution >= 4 is 5.91 Å². The summed E-state index contributed by atoms with van der Waals surface area (Å²) in [6.07, 6.45) is 3.83. The Kier molecular flexibility index (Phi) is 5.76. The summed E-state index contributed by atoms with van der Waals surface area (Å²) in [5.74, 6) is -0.0651. The van der Waals surface area contributed by atoms with Crippen molar-refractivity contribution < 1.29 is 9.53 Å². The third-order valence-electron chi connectivity index (χ3n) is 3.90. The van der Waals surface area contributed by atoms with E-state index in [1.54, 1.807) is 13.2 Å². The molecule has 1 aliphatic heterocycles. The van der Waals surface area contributed by atoms with E-state index < -0.39 is 0 Å². The number of piperidine rings is 1. The van der Waals surface area contributed by atoms with Gasteiger partial charge in [0.05, 0.1) is 6.61 Å². The maximum atomic E-state index is 12.2. The first kappa shape index (κ1) is 16.0. The fraction of sp³-hybridized carbons (Fsp3) is 0.733. The third kappa shape index (κ3) is 4.54. The Balaban J connectivity index is 1.78. The zero-order valence-corrected chi connectivity index (χ0v) is 13.2. The molecule has 0 saturated carbocycles. The molecule has 2 rings (SSSR count). The summed E-state index contributed by atoms with van der Waals surface area (Å²) in [6, 6.07) is 2.30. The van der Waals surface area contributed by atoms with Crippen LogP contribution in [-0.2, 0) is 4.74 Å². The molecule has 0 atom stereocenters. The van der Waals surface area contributed by atoms with Crippen molar-refractivity contribution in [3.8, 4) is 0 Å². The lowest BCUT2D eigenvalue weighted by Crippen LogP contribution is -2.45. The molecule has 0 unspecified atom stereocenters. The number of likely N-dealkylation sites (tertiary alicyclic amines) is 1. The van der Waals surface area contributed by atoms with E-state index in [0.29, 0.717) is 5.69 Å². The number of amides is 1. The number of aromatic nitrogens is 2. The Morgan fingerprint density at radius 2 is 2.19 bits per heavy atom. The Hall–Kier alpha value is -1.40. The third-order valence-corrected chi connectivity index (χ3v) is 3.90. The smallest absolute Gasteiger partial charge is 0.271 e. The fourth-order valence-corrected chi connectivity index (χ4v) is 2.53. The van der Waals surface area contributed by atoms with Crippen molar-refractivity contribution in [3.63, 3.8) is 0 Å². The standard InChI is InChI=1S/C15H26N4O2/c1-12(2)19-9-6-14(17-19)15(20)16-13-4-7-18(8-5-13)10-11-21-3/h6,9,12-13H,4-5,7-8,10-11H2,1-3H3,(H,16,20). The van der Waals surface area contributed by atoms with Crippen LogP contribution < -0.4 is 5.32 Å². The molecule has 1 aromatic heterocycles. The van der Waals surface area contributed by atoms with E-state index in [1.165, 1.54) is 0 Å². The summed E-state index contributed by atoms with van der Waals surface area (Å²) >= 11 is 0. The monoisotopic (exact) mass is 294 g/mol. The predicted molar refractivity (Wildman–Crippen MR) is 81.4 cm³/mol. The van der Waals surface area contributed by atoms with Crippen molar-refractivity contribution in [2.75, 3.05) is 33.4 Å². The van der Waals surface area contributed by atoms with E-state index in [9.17, 15) is 4.79 Å². The zero-order chi connectivity index (χ0) is 15.2. The van der Waals surface area contributed by atoms with Gasteiger partial charge in [0.15, 0.2) is 0 Å². The summed E-state index contributed by atoms with van der Waals surface area (Å²) in [7, 11) is 1.73.